The number of benzene rings is 1. The van der Waals surface area contributed by atoms with Crippen molar-refractivity contribution in [2.24, 2.45) is 5.73 Å². The molecule has 92 valence electrons. The summed E-state index contributed by atoms with van der Waals surface area (Å²) in [5.41, 5.74) is 6.55. The maximum Gasteiger partial charge on any atom is 0.315 e. The molecule has 1 aromatic carbocycles. The van der Waals surface area contributed by atoms with Crippen LogP contribution >= 0.6 is 15.9 Å². The zero-order valence-electron chi connectivity index (χ0n) is 9.77. The van der Waals surface area contributed by atoms with E-state index in [1.807, 2.05) is 24.3 Å². The zero-order chi connectivity index (χ0) is 12.4. The highest BCUT2D eigenvalue weighted by Gasteiger charge is 2.28. The quantitative estimate of drug-likeness (QED) is 0.859. The fraction of sp³-hybridized carbons (Fsp3) is 0.417. The number of piperazine rings is 1. The third-order valence-electron chi connectivity index (χ3n) is 3.10. The summed E-state index contributed by atoms with van der Waals surface area (Å²) in [5, 5.41) is 0. The molecule has 1 unspecified atom stereocenters. The first-order valence-electron chi connectivity index (χ1n) is 5.58. The number of primary amides is 1. The van der Waals surface area contributed by atoms with E-state index in [0.717, 1.165) is 23.1 Å². The summed E-state index contributed by atoms with van der Waals surface area (Å²) in [6, 6.07) is 7.73. The van der Waals surface area contributed by atoms with Gasteiger partial charge in [0.05, 0.1) is 6.04 Å². The largest absolute Gasteiger partial charge is 0.351 e. The number of carbonyl (C=O) groups is 1. The van der Waals surface area contributed by atoms with Gasteiger partial charge in [-0.2, -0.15) is 0 Å². The number of likely N-dealkylation sites (N-methyl/N-ethyl adjacent to an activating group) is 1. The van der Waals surface area contributed by atoms with Gasteiger partial charge in [-0.05, 0) is 24.7 Å². The average Bonchev–Trinajstić information content (AvgIpc) is 2.28. The lowest BCUT2D eigenvalue weighted by Gasteiger charge is -2.39. The van der Waals surface area contributed by atoms with Gasteiger partial charge < -0.3 is 15.5 Å². The van der Waals surface area contributed by atoms with Crippen molar-refractivity contribution in [3.8, 4) is 0 Å². The smallest absolute Gasteiger partial charge is 0.315 e. The number of hydrogen-bond donors (Lipinski definition) is 1. The number of nitrogens with two attached hydrogens (primary N) is 1. The molecule has 2 rings (SSSR count). The summed E-state index contributed by atoms with van der Waals surface area (Å²) in [6.07, 6.45) is 0. The summed E-state index contributed by atoms with van der Waals surface area (Å²) in [5.74, 6) is 0. The van der Waals surface area contributed by atoms with E-state index in [4.69, 9.17) is 5.73 Å². The lowest BCUT2D eigenvalue weighted by Crippen LogP contribution is -2.51. The minimum absolute atomic E-state index is 0.0451. The van der Waals surface area contributed by atoms with Gasteiger partial charge in [-0.1, -0.05) is 28.1 Å². The Labute approximate surface area is 110 Å². The molecule has 1 aromatic rings. The Balaban J connectivity index is 2.28. The van der Waals surface area contributed by atoms with Crippen LogP contribution in [-0.2, 0) is 0 Å². The van der Waals surface area contributed by atoms with Gasteiger partial charge in [-0.3, -0.25) is 0 Å². The second kappa shape index (κ2) is 5.06. The molecular weight excluding hydrogens is 282 g/mol. The van der Waals surface area contributed by atoms with Gasteiger partial charge in [0.2, 0.25) is 0 Å². The number of halogens is 1. The van der Waals surface area contributed by atoms with E-state index in [2.05, 4.69) is 27.9 Å². The Morgan fingerprint density at radius 1 is 1.47 bits per heavy atom. The molecule has 1 heterocycles. The normalized spacial score (nSPS) is 21.5. The number of urea groups is 1. The molecule has 2 amide bonds. The summed E-state index contributed by atoms with van der Waals surface area (Å²) >= 11 is 3.45. The molecule has 5 heteroatoms. The van der Waals surface area contributed by atoms with Crippen molar-refractivity contribution in [3.05, 3.63) is 34.3 Å². The topological polar surface area (TPSA) is 49.6 Å². The SMILES string of the molecule is CN1CCN(C(N)=O)C(c2cccc(Br)c2)C1. The molecule has 0 radical (unpaired) electrons. The van der Waals surface area contributed by atoms with Crippen molar-refractivity contribution in [2.45, 2.75) is 6.04 Å². The number of rotatable bonds is 1. The molecule has 0 aliphatic carbocycles. The van der Waals surface area contributed by atoms with Gasteiger partial charge in [-0.25, -0.2) is 4.79 Å². The molecule has 4 nitrogen and oxygen atoms in total. The third kappa shape index (κ3) is 2.79. The Morgan fingerprint density at radius 3 is 2.88 bits per heavy atom. The van der Waals surface area contributed by atoms with Crippen LogP contribution in [0, 0.1) is 0 Å². The van der Waals surface area contributed by atoms with Crippen LogP contribution in [0.4, 0.5) is 4.79 Å². The summed E-state index contributed by atoms with van der Waals surface area (Å²) in [6.45, 7) is 2.37. The van der Waals surface area contributed by atoms with E-state index in [1.54, 1.807) is 4.90 Å². The average molecular weight is 298 g/mol. The lowest BCUT2D eigenvalue weighted by atomic mass is 10.0. The van der Waals surface area contributed by atoms with Gasteiger partial charge in [-0.15, -0.1) is 0 Å². The second-order valence-electron chi connectivity index (χ2n) is 4.36. The van der Waals surface area contributed by atoms with Crippen molar-refractivity contribution in [1.82, 2.24) is 9.80 Å². The van der Waals surface area contributed by atoms with Gasteiger partial charge in [0.1, 0.15) is 0 Å². The third-order valence-corrected chi connectivity index (χ3v) is 3.59. The number of hydrogen-bond acceptors (Lipinski definition) is 2. The van der Waals surface area contributed by atoms with E-state index < -0.39 is 0 Å². The standard InChI is InChI=1S/C12H16BrN3O/c1-15-5-6-16(12(14)17)11(8-15)9-3-2-4-10(13)7-9/h2-4,7,11H,5-6,8H2,1H3,(H2,14,17). The first kappa shape index (κ1) is 12.4. The Bertz CT molecular complexity index is 424. The highest BCUT2D eigenvalue weighted by molar-refractivity contribution is 9.10. The van der Waals surface area contributed by atoms with Crippen LogP contribution in [0.2, 0.25) is 0 Å². The fourth-order valence-electron chi connectivity index (χ4n) is 2.18. The number of amides is 2. The molecule has 1 aliphatic heterocycles. The maximum absolute atomic E-state index is 11.4. The van der Waals surface area contributed by atoms with Crippen LogP contribution in [0.3, 0.4) is 0 Å². The molecule has 17 heavy (non-hydrogen) atoms. The lowest BCUT2D eigenvalue weighted by molar-refractivity contribution is 0.114. The van der Waals surface area contributed by atoms with Gasteiger partial charge in [0, 0.05) is 24.1 Å². The first-order valence-corrected chi connectivity index (χ1v) is 6.37. The molecule has 1 fully saturated rings. The summed E-state index contributed by atoms with van der Waals surface area (Å²) in [7, 11) is 2.06. The summed E-state index contributed by atoms with van der Waals surface area (Å²) < 4.78 is 1.02. The van der Waals surface area contributed by atoms with Gasteiger partial charge >= 0.3 is 6.03 Å². The van der Waals surface area contributed by atoms with Crippen LogP contribution in [0.15, 0.2) is 28.7 Å². The van der Waals surface area contributed by atoms with Crippen molar-refractivity contribution < 1.29 is 4.79 Å². The molecule has 1 aliphatic rings. The summed E-state index contributed by atoms with van der Waals surface area (Å²) in [4.78, 5) is 15.4. The molecule has 0 saturated carbocycles. The minimum Gasteiger partial charge on any atom is -0.351 e. The van der Waals surface area contributed by atoms with Crippen molar-refractivity contribution in [1.29, 1.82) is 0 Å². The molecular formula is C12H16BrN3O. The minimum atomic E-state index is -0.344. The molecule has 0 bridgehead atoms. The van der Waals surface area contributed by atoms with Gasteiger partial charge in [0.15, 0.2) is 0 Å². The van der Waals surface area contributed by atoms with Crippen molar-refractivity contribution in [3.63, 3.8) is 0 Å². The zero-order valence-corrected chi connectivity index (χ0v) is 11.4. The highest BCUT2D eigenvalue weighted by atomic mass is 79.9. The van der Waals surface area contributed by atoms with E-state index in [9.17, 15) is 4.79 Å². The predicted molar refractivity (Wildman–Crippen MR) is 70.7 cm³/mol. The van der Waals surface area contributed by atoms with Gasteiger partial charge in [0.25, 0.3) is 0 Å². The van der Waals surface area contributed by atoms with Crippen LogP contribution in [0.5, 0.6) is 0 Å². The monoisotopic (exact) mass is 297 g/mol. The van der Waals surface area contributed by atoms with E-state index in [-0.39, 0.29) is 12.1 Å². The van der Waals surface area contributed by atoms with Crippen molar-refractivity contribution >= 4 is 22.0 Å². The highest BCUT2D eigenvalue weighted by Crippen LogP contribution is 2.26. The van der Waals surface area contributed by atoms with E-state index in [0.29, 0.717) is 6.54 Å². The van der Waals surface area contributed by atoms with E-state index >= 15 is 0 Å². The molecule has 0 aromatic heterocycles. The first-order chi connectivity index (χ1) is 8.08. The van der Waals surface area contributed by atoms with Crippen LogP contribution in [0.25, 0.3) is 0 Å². The number of nitrogens with zero attached hydrogens (tertiary/aromatic N) is 2. The Hall–Kier alpha value is -1.07. The molecule has 1 saturated heterocycles. The van der Waals surface area contributed by atoms with E-state index in [1.165, 1.54) is 0 Å². The van der Waals surface area contributed by atoms with Crippen molar-refractivity contribution in [2.75, 3.05) is 26.7 Å². The predicted octanol–water partition coefficient (Wildman–Crippen LogP) is 1.82. The maximum atomic E-state index is 11.4. The van der Waals surface area contributed by atoms with Crippen LogP contribution < -0.4 is 5.73 Å². The van der Waals surface area contributed by atoms with Crippen LogP contribution in [-0.4, -0.2) is 42.5 Å². The molecule has 2 N–H and O–H groups in total. The Kier molecular flexibility index (Phi) is 3.69. The molecule has 0 spiro atoms. The van der Waals surface area contributed by atoms with Crippen LogP contribution in [0.1, 0.15) is 11.6 Å². The molecule has 1 atom stereocenters. The Morgan fingerprint density at radius 2 is 2.24 bits per heavy atom. The second-order valence-corrected chi connectivity index (χ2v) is 5.28. The fourth-order valence-corrected chi connectivity index (χ4v) is 2.60. The number of carbonyl (C=O) groups excluding carboxylic acids is 1.